The molecule has 25 heavy (non-hydrogen) atoms. The number of amides is 2. The zero-order chi connectivity index (χ0) is 17.6. The van der Waals surface area contributed by atoms with Crippen molar-refractivity contribution >= 4 is 23.5 Å². The quantitative estimate of drug-likeness (QED) is 0.906. The van der Waals surface area contributed by atoms with Gasteiger partial charge in [0, 0.05) is 26.2 Å². The Hall–Kier alpha value is -2.31. The molecule has 0 aromatic carbocycles. The van der Waals surface area contributed by atoms with Gasteiger partial charge in [-0.25, -0.2) is 9.78 Å². The molecule has 0 saturated carbocycles. The van der Waals surface area contributed by atoms with Gasteiger partial charge in [-0.05, 0) is 44.7 Å². The normalized spacial score (nSPS) is 20.4. The van der Waals surface area contributed by atoms with Crippen LogP contribution >= 0.6 is 0 Å². The van der Waals surface area contributed by atoms with E-state index in [9.17, 15) is 9.59 Å². The lowest BCUT2D eigenvalue weighted by atomic mass is 9.97. The van der Waals surface area contributed by atoms with Gasteiger partial charge in [-0.3, -0.25) is 4.79 Å². The first-order valence-corrected chi connectivity index (χ1v) is 9.11. The second-order valence-corrected chi connectivity index (χ2v) is 6.57. The molecule has 1 unspecified atom stereocenters. The average molecular weight is 346 g/mol. The number of ether oxygens (including phenoxy) is 1. The molecular formula is C18H26N4O3. The highest BCUT2D eigenvalue weighted by Gasteiger charge is 2.29. The van der Waals surface area contributed by atoms with E-state index in [1.54, 1.807) is 18.0 Å². The first kappa shape index (κ1) is 17.5. The van der Waals surface area contributed by atoms with Crippen LogP contribution in [0.2, 0.25) is 0 Å². The average Bonchev–Trinajstić information content (AvgIpc) is 3.17. The number of nitrogens with zero attached hydrogens (tertiary/aromatic N) is 3. The van der Waals surface area contributed by atoms with Crippen LogP contribution in [-0.4, -0.2) is 54.7 Å². The number of aromatic nitrogens is 1. The van der Waals surface area contributed by atoms with Crippen LogP contribution in [0.25, 0.3) is 0 Å². The topological polar surface area (TPSA) is 74.8 Å². The van der Waals surface area contributed by atoms with E-state index in [0.717, 1.165) is 31.7 Å². The minimum absolute atomic E-state index is 0.0651. The second kappa shape index (κ2) is 8.18. The standard InChI is InChI=1S/C18H26N4O3/c1-2-25-18(24)22-11-5-6-14(13-22)17(23)20-15-7-8-16(19-12-15)21-9-3-4-10-21/h7-8,12,14H,2-6,9-11,13H2,1H3,(H,20,23). The van der Waals surface area contributed by atoms with Gasteiger partial charge in [0.1, 0.15) is 5.82 Å². The summed E-state index contributed by atoms with van der Waals surface area (Å²) in [6.07, 6.45) is 5.37. The molecule has 2 aliphatic heterocycles. The summed E-state index contributed by atoms with van der Waals surface area (Å²) in [7, 11) is 0. The van der Waals surface area contributed by atoms with E-state index < -0.39 is 0 Å². The Labute approximate surface area is 148 Å². The van der Waals surface area contributed by atoms with Crippen molar-refractivity contribution in [2.45, 2.75) is 32.6 Å². The summed E-state index contributed by atoms with van der Waals surface area (Å²) in [6, 6.07) is 3.84. The number of likely N-dealkylation sites (tertiary alicyclic amines) is 1. The van der Waals surface area contributed by atoms with Gasteiger partial charge in [0.05, 0.1) is 24.4 Å². The third kappa shape index (κ3) is 4.41. The zero-order valence-corrected chi connectivity index (χ0v) is 14.7. The molecule has 1 atom stereocenters. The molecule has 2 amide bonds. The molecular weight excluding hydrogens is 320 g/mol. The van der Waals surface area contributed by atoms with Crippen LogP contribution in [0.15, 0.2) is 18.3 Å². The minimum Gasteiger partial charge on any atom is -0.450 e. The summed E-state index contributed by atoms with van der Waals surface area (Å²) >= 11 is 0. The van der Waals surface area contributed by atoms with E-state index in [1.165, 1.54) is 12.8 Å². The Bertz CT molecular complexity index is 599. The highest BCUT2D eigenvalue weighted by atomic mass is 16.6. The van der Waals surface area contributed by atoms with Crippen molar-refractivity contribution in [1.29, 1.82) is 0 Å². The number of rotatable bonds is 4. The molecule has 136 valence electrons. The van der Waals surface area contributed by atoms with Crippen molar-refractivity contribution in [2.75, 3.05) is 43.0 Å². The van der Waals surface area contributed by atoms with Gasteiger partial charge in [-0.15, -0.1) is 0 Å². The summed E-state index contributed by atoms with van der Waals surface area (Å²) in [5.41, 5.74) is 0.696. The molecule has 3 rings (SSSR count). The summed E-state index contributed by atoms with van der Waals surface area (Å²) in [4.78, 5) is 32.7. The van der Waals surface area contributed by atoms with Crippen LogP contribution in [0.5, 0.6) is 0 Å². The maximum atomic E-state index is 12.5. The third-order valence-corrected chi connectivity index (χ3v) is 4.76. The Morgan fingerprint density at radius 2 is 2.04 bits per heavy atom. The third-order valence-electron chi connectivity index (χ3n) is 4.76. The molecule has 7 nitrogen and oxygen atoms in total. The Morgan fingerprint density at radius 3 is 2.72 bits per heavy atom. The molecule has 0 aliphatic carbocycles. The second-order valence-electron chi connectivity index (χ2n) is 6.57. The van der Waals surface area contributed by atoms with Crippen LogP contribution in [-0.2, 0) is 9.53 Å². The lowest BCUT2D eigenvalue weighted by Crippen LogP contribution is -2.44. The van der Waals surface area contributed by atoms with Crippen molar-refractivity contribution in [2.24, 2.45) is 5.92 Å². The van der Waals surface area contributed by atoms with Gasteiger partial charge in [-0.1, -0.05) is 0 Å². The molecule has 2 aliphatic rings. The fourth-order valence-electron chi connectivity index (χ4n) is 3.41. The summed E-state index contributed by atoms with van der Waals surface area (Å²) < 4.78 is 5.03. The maximum Gasteiger partial charge on any atom is 0.409 e. The molecule has 2 fully saturated rings. The molecule has 0 spiro atoms. The number of carbonyl (C=O) groups excluding carboxylic acids is 2. The number of pyridine rings is 1. The smallest absolute Gasteiger partial charge is 0.409 e. The number of nitrogens with one attached hydrogen (secondary N) is 1. The molecule has 7 heteroatoms. The molecule has 1 aromatic rings. The number of carbonyl (C=O) groups is 2. The predicted octanol–water partition coefficient (Wildman–Crippen LogP) is 2.49. The Morgan fingerprint density at radius 1 is 1.24 bits per heavy atom. The number of hydrogen-bond donors (Lipinski definition) is 1. The summed E-state index contributed by atoms with van der Waals surface area (Å²) in [5.74, 6) is 0.683. The van der Waals surface area contributed by atoms with E-state index in [2.05, 4.69) is 15.2 Å². The molecule has 1 aromatic heterocycles. The first-order valence-electron chi connectivity index (χ1n) is 9.11. The van der Waals surface area contributed by atoms with E-state index in [0.29, 0.717) is 25.4 Å². The van der Waals surface area contributed by atoms with Crippen molar-refractivity contribution in [3.05, 3.63) is 18.3 Å². The minimum atomic E-state index is -0.336. The molecule has 3 heterocycles. The maximum absolute atomic E-state index is 12.5. The van der Waals surface area contributed by atoms with Gasteiger partial charge in [-0.2, -0.15) is 0 Å². The largest absolute Gasteiger partial charge is 0.450 e. The van der Waals surface area contributed by atoms with E-state index >= 15 is 0 Å². The van der Waals surface area contributed by atoms with Crippen molar-refractivity contribution in [3.63, 3.8) is 0 Å². The highest BCUT2D eigenvalue weighted by Crippen LogP contribution is 2.21. The monoisotopic (exact) mass is 346 g/mol. The fourth-order valence-corrected chi connectivity index (χ4v) is 3.41. The van der Waals surface area contributed by atoms with Crippen LogP contribution in [0, 0.1) is 5.92 Å². The van der Waals surface area contributed by atoms with Gasteiger partial charge in [0.15, 0.2) is 0 Å². The molecule has 2 saturated heterocycles. The number of piperidine rings is 1. The van der Waals surface area contributed by atoms with E-state index in [-0.39, 0.29) is 17.9 Å². The van der Waals surface area contributed by atoms with Crippen LogP contribution in [0.4, 0.5) is 16.3 Å². The van der Waals surface area contributed by atoms with Crippen molar-refractivity contribution in [1.82, 2.24) is 9.88 Å². The van der Waals surface area contributed by atoms with Crippen LogP contribution < -0.4 is 10.2 Å². The van der Waals surface area contributed by atoms with Crippen LogP contribution in [0.3, 0.4) is 0 Å². The van der Waals surface area contributed by atoms with E-state index in [4.69, 9.17) is 4.74 Å². The lowest BCUT2D eigenvalue weighted by molar-refractivity contribution is -0.121. The van der Waals surface area contributed by atoms with Crippen molar-refractivity contribution in [3.8, 4) is 0 Å². The predicted molar refractivity (Wildman–Crippen MR) is 95.6 cm³/mol. The van der Waals surface area contributed by atoms with Crippen LogP contribution in [0.1, 0.15) is 32.6 Å². The molecule has 0 bridgehead atoms. The molecule has 1 N–H and O–H groups in total. The van der Waals surface area contributed by atoms with Gasteiger partial charge < -0.3 is 19.9 Å². The number of anilines is 2. The summed E-state index contributed by atoms with van der Waals surface area (Å²) in [6.45, 7) is 5.28. The van der Waals surface area contributed by atoms with E-state index in [1.807, 2.05) is 12.1 Å². The summed E-state index contributed by atoms with van der Waals surface area (Å²) in [5, 5.41) is 2.92. The van der Waals surface area contributed by atoms with Gasteiger partial charge >= 0.3 is 6.09 Å². The van der Waals surface area contributed by atoms with Gasteiger partial charge in [0.2, 0.25) is 5.91 Å². The Balaban J connectivity index is 1.55. The number of hydrogen-bond acceptors (Lipinski definition) is 5. The zero-order valence-electron chi connectivity index (χ0n) is 14.7. The first-order chi connectivity index (χ1) is 12.2. The van der Waals surface area contributed by atoms with Gasteiger partial charge in [0.25, 0.3) is 0 Å². The molecule has 0 radical (unpaired) electrons. The Kier molecular flexibility index (Phi) is 5.73. The SMILES string of the molecule is CCOC(=O)N1CCCC(C(=O)Nc2ccc(N3CCCC3)nc2)C1. The van der Waals surface area contributed by atoms with Crippen molar-refractivity contribution < 1.29 is 14.3 Å². The lowest BCUT2D eigenvalue weighted by Gasteiger charge is -2.31. The fraction of sp³-hybridized carbons (Fsp3) is 0.611. The highest BCUT2D eigenvalue weighted by molar-refractivity contribution is 5.93.